The first-order valence-electron chi connectivity index (χ1n) is 3.93. The molecule has 1 aromatic heterocycles. The van der Waals surface area contributed by atoms with Crippen molar-refractivity contribution in [2.45, 2.75) is 13.3 Å². The lowest BCUT2D eigenvalue weighted by molar-refractivity contribution is -0.141. The molecular weight excluding hydrogens is 190 g/mol. The van der Waals surface area contributed by atoms with Gasteiger partial charge in [0.2, 0.25) is 0 Å². The van der Waals surface area contributed by atoms with E-state index in [1.807, 2.05) is 0 Å². The third kappa shape index (κ3) is 3.03. The maximum absolute atomic E-state index is 10.5. The van der Waals surface area contributed by atoms with Crippen LogP contribution in [0.4, 0.5) is 0 Å². The highest BCUT2D eigenvalue weighted by Gasteiger charge is 2.11. The highest BCUT2D eigenvalue weighted by atomic mass is 35.5. The maximum Gasteiger partial charge on any atom is 0.306 e. The van der Waals surface area contributed by atoms with Crippen LogP contribution < -0.4 is 0 Å². The molecule has 1 heterocycles. The lowest BCUT2D eigenvalue weighted by Gasteiger charge is -2.04. The van der Waals surface area contributed by atoms with Crippen molar-refractivity contribution in [2.75, 3.05) is 0 Å². The van der Waals surface area contributed by atoms with Crippen molar-refractivity contribution in [2.24, 2.45) is 5.92 Å². The van der Waals surface area contributed by atoms with Gasteiger partial charge < -0.3 is 5.11 Å². The lowest BCUT2D eigenvalue weighted by Crippen LogP contribution is -2.12. The topological polar surface area (TPSA) is 50.2 Å². The molecule has 0 saturated carbocycles. The minimum Gasteiger partial charge on any atom is -0.481 e. The summed E-state index contributed by atoms with van der Waals surface area (Å²) >= 11 is 5.63. The van der Waals surface area contributed by atoms with Gasteiger partial charge in [-0.3, -0.25) is 9.78 Å². The second-order valence-electron chi connectivity index (χ2n) is 2.91. The van der Waals surface area contributed by atoms with Crippen molar-refractivity contribution in [1.29, 1.82) is 0 Å². The van der Waals surface area contributed by atoms with E-state index in [-0.39, 0.29) is 0 Å². The van der Waals surface area contributed by atoms with E-state index >= 15 is 0 Å². The van der Waals surface area contributed by atoms with Gasteiger partial charge in [0, 0.05) is 18.3 Å². The number of hydrogen-bond donors (Lipinski definition) is 1. The van der Waals surface area contributed by atoms with Crippen LogP contribution in [0.1, 0.15) is 12.6 Å². The molecule has 1 unspecified atom stereocenters. The Balaban J connectivity index is 2.64. The molecule has 0 aromatic carbocycles. The largest absolute Gasteiger partial charge is 0.481 e. The first-order chi connectivity index (χ1) is 6.09. The molecule has 0 aliphatic heterocycles. The number of pyridine rings is 1. The second-order valence-corrected chi connectivity index (χ2v) is 3.35. The van der Waals surface area contributed by atoms with Gasteiger partial charge in [0.15, 0.2) is 0 Å². The molecular formula is C9H10ClNO2. The van der Waals surface area contributed by atoms with Crippen molar-refractivity contribution in [3.63, 3.8) is 0 Å². The summed E-state index contributed by atoms with van der Waals surface area (Å²) in [5.41, 5.74) is 0.749. The molecule has 70 valence electrons. The third-order valence-corrected chi connectivity index (χ3v) is 1.95. The van der Waals surface area contributed by atoms with Crippen LogP contribution >= 0.6 is 11.6 Å². The Bertz CT molecular complexity index is 297. The highest BCUT2D eigenvalue weighted by molar-refractivity contribution is 6.30. The molecule has 3 nitrogen and oxygen atoms in total. The van der Waals surface area contributed by atoms with E-state index in [0.29, 0.717) is 11.4 Å². The van der Waals surface area contributed by atoms with E-state index < -0.39 is 11.9 Å². The molecule has 0 radical (unpaired) electrons. The van der Waals surface area contributed by atoms with Gasteiger partial charge in [-0.05, 0) is 12.1 Å². The van der Waals surface area contributed by atoms with Gasteiger partial charge in [0.1, 0.15) is 0 Å². The molecule has 0 aliphatic rings. The number of rotatable bonds is 3. The van der Waals surface area contributed by atoms with Gasteiger partial charge in [-0.2, -0.15) is 0 Å². The standard InChI is InChI=1S/C9H10ClNO2/c1-6(9(12)13)4-8-3-2-7(10)5-11-8/h2-3,5-6H,4H2,1H3,(H,12,13). The summed E-state index contributed by atoms with van der Waals surface area (Å²) in [5.74, 6) is -1.22. The zero-order chi connectivity index (χ0) is 9.84. The van der Waals surface area contributed by atoms with Gasteiger partial charge in [0.25, 0.3) is 0 Å². The van der Waals surface area contributed by atoms with E-state index in [1.165, 1.54) is 6.20 Å². The van der Waals surface area contributed by atoms with Gasteiger partial charge in [0.05, 0.1) is 10.9 Å². The van der Waals surface area contributed by atoms with Crippen LogP contribution in [-0.4, -0.2) is 16.1 Å². The molecule has 1 rings (SSSR count). The molecule has 13 heavy (non-hydrogen) atoms. The smallest absolute Gasteiger partial charge is 0.306 e. The summed E-state index contributed by atoms with van der Waals surface area (Å²) < 4.78 is 0. The normalized spacial score (nSPS) is 12.5. The number of carboxylic acids is 1. The number of carboxylic acid groups (broad SMARTS) is 1. The molecule has 1 N–H and O–H groups in total. The minimum absolute atomic E-state index is 0.409. The second kappa shape index (κ2) is 4.23. The predicted molar refractivity (Wildman–Crippen MR) is 49.8 cm³/mol. The van der Waals surface area contributed by atoms with E-state index in [0.717, 1.165) is 5.69 Å². The predicted octanol–water partition coefficient (Wildman–Crippen LogP) is 2.00. The number of halogens is 1. The van der Waals surface area contributed by atoms with Crippen LogP contribution in [0.3, 0.4) is 0 Å². The quantitative estimate of drug-likeness (QED) is 0.810. The molecule has 0 spiro atoms. The Morgan fingerprint density at radius 3 is 2.85 bits per heavy atom. The number of aliphatic carboxylic acids is 1. The van der Waals surface area contributed by atoms with Gasteiger partial charge in [-0.15, -0.1) is 0 Å². The average molecular weight is 200 g/mol. The van der Waals surface area contributed by atoms with Crippen LogP contribution in [0.15, 0.2) is 18.3 Å². The number of hydrogen-bond acceptors (Lipinski definition) is 2. The Kier molecular flexibility index (Phi) is 3.25. The monoisotopic (exact) mass is 199 g/mol. The van der Waals surface area contributed by atoms with Crippen LogP contribution in [0.2, 0.25) is 5.02 Å². The number of nitrogens with zero attached hydrogens (tertiary/aromatic N) is 1. The van der Waals surface area contributed by atoms with Crippen molar-refractivity contribution < 1.29 is 9.90 Å². The zero-order valence-electron chi connectivity index (χ0n) is 7.20. The Morgan fingerprint density at radius 1 is 1.69 bits per heavy atom. The minimum atomic E-state index is -0.809. The summed E-state index contributed by atoms with van der Waals surface area (Å²) in [6, 6.07) is 3.44. The van der Waals surface area contributed by atoms with Gasteiger partial charge >= 0.3 is 5.97 Å². The fraction of sp³-hybridized carbons (Fsp3) is 0.333. The summed E-state index contributed by atoms with van der Waals surface area (Å²) in [4.78, 5) is 14.5. The Labute approximate surface area is 81.4 Å². The number of carbonyl (C=O) groups is 1. The molecule has 0 aliphatic carbocycles. The van der Waals surface area contributed by atoms with Gasteiger partial charge in [-0.1, -0.05) is 18.5 Å². The molecule has 0 fully saturated rings. The van der Waals surface area contributed by atoms with Crippen LogP contribution in [-0.2, 0) is 11.2 Å². The van der Waals surface area contributed by atoms with Crippen molar-refractivity contribution in [3.05, 3.63) is 29.0 Å². The maximum atomic E-state index is 10.5. The van der Waals surface area contributed by atoms with Crippen molar-refractivity contribution >= 4 is 17.6 Å². The molecule has 0 saturated heterocycles. The van der Waals surface area contributed by atoms with Crippen molar-refractivity contribution in [3.8, 4) is 0 Å². The van der Waals surface area contributed by atoms with Crippen LogP contribution in [0, 0.1) is 5.92 Å². The fourth-order valence-electron chi connectivity index (χ4n) is 0.928. The summed E-state index contributed by atoms with van der Waals surface area (Å²) in [6.45, 7) is 1.65. The summed E-state index contributed by atoms with van der Waals surface area (Å²) in [5, 5.41) is 9.21. The molecule has 1 atom stereocenters. The van der Waals surface area contributed by atoms with E-state index in [1.54, 1.807) is 19.1 Å². The number of aromatic nitrogens is 1. The van der Waals surface area contributed by atoms with Crippen LogP contribution in [0.25, 0.3) is 0 Å². The third-order valence-electron chi connectivity index (χ3n) is 1.73. The Hall–Kier alpha value is -1.09. The summed E-state index contributed by atoms with van der Waals surface area (Å²) in [7, 11) is 0. The van der Waals surface area contributed by atoms with E-state index in [2.05, 4.69) is 4.98 Å². The van der Waals surface area contributed by atoms with Gasteiger partial charge in [-0.25, -0.2) is 0 Å². The Morgan fingerprint density at radius 2 is 2.38 bits per heavy atom. The molecule has 0 bridgehead atoms. The first-order valence-corrected chi connectivity index (χ1v) is 4.30. The van der Waals surface area contributed by atoms with Crippen LogP contribution in [0.5, 0.6) is 0 Å². The average Bonchev–Trinajstić information content (AvgIpc) is 2.08. The molecule has 1 aromatic rings. The lowest BCUT2D eigenvalue weighted by atomic mass is 10.1. The fourth-order valence-corrected chi connectivity index (χ4v) is 1.04. The van der Waals surface area contributed by atoms with E-state index in [9.17, 15) is 4.79 Å². The first kappa shape index (κ1) is 9.99. The highest BCUT2D eigenvalue weighted by Crippen LogP contribution is 2.10. The zero-order valence-corrected chi connectivity index (χ0v) is 7.95. The van der Waals surface area contributed by atoms with E-state index in [4.69, 9.17) is 16.7 Å². The molecule has 0 amide bonds. The SMILES string of the molecule is CC(Cc1ccc(Cl)cn1)C(=O)O. The van der Waals surface area contributed by atoms with Crippen molar-refractivity contribution in [1.82, 2.24) is 4.98 Å². The molecule has 4 heteroatoms. The summed E-state index contributed by atoms with van der Waals surface area (Å²) in [6.07, 6.45) is 1.96.